The van der Waals surface area contributed by atoms with Gasteiger partial charge in [0.05, 0.1) is 12.0 Å². The van der Waals surface area contributed by atoms with Crippen molar-refractivity contribution in [3.05, 3.63) is 88.6 Å². The molecule has 0 spiro atoms. The van der Waals surface area contributed by atoms with E-state index in [1.165, 1.54) is 12.1 Å². The van der Waals surface area contributed by atoms with Crippen molar-refractivity contribution < 1.29 is 18.7 Å². The number of H-pyrrole nitrogens is 1. The molecule has 9 nitrogen and oxygen atoms in total. The molecule has 3 N–H and O–H groups in total. The molecule has 1 saturated heterocycles. The summed E-state index contributed by atoms with van der Waals surface area (Å²) < 4.78 is 26.5. The van der Waals surface area contributed by atoms with Gasteiger partial charge in [0, 0.05) is 44.1 Å². The summed E-state index contributed by atoms with van der Waals surface area (Å²) >= 11 is 0. The largest absolute Gasteiger partial charge is 0.454 e. The number of ether oxygens (including phenoxy) is 2. The van der Waals surface area contributed by atoms with Crippen molar-refractivity contribution in [2.75, 3.05) is 32.5 Å². The molecule has 3 heterocycles. The molecule has 2 aromatic carbocycles. The maximum atomic E-state index is 14.0. The van der Waals surface area contributed by atoms with E-state index in [4.69, 9.17) is 15.2 Å². The molecule has 0 saturated carbocycles. The Balaban J connectivity index is 1.48. The Bertz CT molecular complexity index is 1540. The number of fused-ring (bicyclic) bond motifs is 1. The van der Waals surface area contributed by atoms with Gasteiger partial charge in [-0.15, -0.1) is 0 Å². The Morgan fingerprint density at radius 3 is 2.79 bits per heavy atom. The molecule has 4 aromatic rings. The molecule has 0 bridgehead atoms. The highest BCUT2D eigenvalue weighted by molar-refractivity contribution is 5.92. The van der Waals surface area contributed by atoms with Gasteiger partial charge in [0.1, 0.15) is 11.3 Å². The number of carbonyl (C=O) groups is 1. The van der Waals surface area contributed by atoms with Gasteiger partial charge in [-0.25, -0.2) is 9.49 Å². The van der Waals surface area contributed by atoms with E-state index in [0.717, 1.165) is 24.1 Å². The number of carbonyl (C=O) groups excluding carboxylic acids is 1. The Morgan fingerprint density at radius 2 is 2.03 bits per heavy atom. The predicted molar refractivity (Wildman–Crippen MR) is 142 cm³/mol. The van der Waals surface area contributed by atoms with Gasteiger partial charge in [0.25, 0.3) is 5.56 Å². The van der Waals surface area contributed by atoms with Crippen LogP contribution in [-0.2, 0) is 9.53 Å². The first-order valence-corrected chi connectivity index (χ1v) is 12.3. The Hall–Kier alpha value is -4.44. The lowest BCUT2D eigenvalue weighted by molar-refractivity contribution is -0.127. The highest BCUT2D eigenvalue weighted by Crippen LogP contribution is 2.35. The number of aromatic amines is 1. The van der Waals surface area contributed by atoms with Crippen LogP contribution in [0.4, 0.5) is 10.2 Å². The van der Waals surface area contributed by atoms with Crippen LogP contribution < -0.4 is 16.0 Å². The summed E-state index contributed by atoms with van der Waals surface area (Å²) in [7, 11) is 1.57. The maximum absolute atomic E-state index is 14.0. The Kier molecular flexibility index (Phi) is 7.23. The number of halogens is 1. The summed E-state index contributed by atoms with van der Waals surface area (Å²) in [5.41, 5.74) is 7.93. The predicted octanol–water partition coefficient (Wildman–Crippen LogP) is 4.14. The SMILES string of the molecule is COC/C=C/C(=O)N1CCC[C@@H](c2cn(-c3ccc(Oc4ccccc4F)cc3)c3c(N)n[nH]c(=O)c23)C1. The quantitative estimate of drug-likeness (QED) is 0.356. The molecule has 0 unspecified atom stereocenters. The topological polar surface area (TPSA) is 115 Å². The summed E-state index contributed by atoms with van der Waals surface area (Å²) in [6.45, 7) is 1.49. The second kappa shape index (κ2) is 10.9. The van der Waals surface area contributed by atoms with E-state index in [0.29, 0.717) is 36.3 Å². The van der Waals surface area contributed by atoms with E-state index in [9.17, 15) is 14.0 Å². The number of para-hydroxylation sites is 1. The average molecular weight is 518 g/mol. The molecular weight excluding hydrogens is 489 g/mol. The second-order valence-corrected chi connectivity index (χ2v) is 9.12. The number of nitrogens with two attached hydrogens (primary N) is 1. The number of hydrogen-bond donors (Lipinski definition) is 2. The fourth-order valence-corrected chi connectivity index (χ4v) is 4.86. The van der Waals surface area contributed by atoms with E-state index >= 15 is 0 Å². The third-order valence-corrected chi connectivity index (χ3v) is 6.66. The zero-order chi connectivity index (χ0) is 26.6. The molecule has 1 aliphatic rings. The monoisotopic (exact) mass is 517 g/mol. The molecule has 0 radical (unpaired) electrons. The van der Waals surface area contributed by atoms with Crippen LogP contribution in [0.5, 0.6) is 11.5 Å². The molecule has 2 aromatic heterocycles. The first-order chi connectivity index (χ1) is 18.5. The zero-order valence-corrected chi connectivity index (χ0v) is 20.9. The number of nitrogens with zero attached hydrogens (tertiary/aromatic N) is 3. The van der Waals surface area contributed by atoms with Gasteiger partial charge in [-0.2, -0.15) is 5.10 Å². The van der Waals surface area contributed by atoms with Gasteiger partial charge >= 0.3 is 0 Å². The van der Waals surface area contributed by atoms with Gasteiger partial charge in [0.2, 0.25) is 5.91 Å². The van der Waals surface area contributed by atoms with E-state index in [1.54, 1.807) is 60.6 Å². The van der Waals surface area contributed by atoms with Crippen LogP contribution in [0.15, 0.2) is 71.7 Å². The van der Waals surface area contributed by atoms with Crippen molar-refractivity contribution in [3.8, 4) is 17.2 Å². The number of rotatable bonds is 7. The molecular formula is C28H28FN5O4. The molecule has 1 aliphatic heterocycles. The molecule has 5 rings (SSSR count). The van der Waals surface area contributed by atoms with Gasteiger partial charge in [-0.1, -0.05) is 18.2 Å². The van der Waals surface area contributed by atoms with Crippen molar-refractivity contribution in [1.82, 2.24) is 19.7 Å². The highest BCUT2D eigenvalue weighted by atomic mass is 19.1. The zero-order valence-electron chi connectivity index (χ0n) is 20.9. The highest BCUT2D eigenvalue weighted by Gasteiger charge is 2.28. The van der Waals surface area contributed by atoms with Crippen LogP contribution in [0.1, 0.15) is 24.3 Å². The van der Waals surface area contributed by atoms with E-state index < -0.39 is 5.82 Å². The van der Waals surface area contributed by atoms with Crippen LogP contribution >= 0.6 is 0 Å². The number of amides is 1. The fourth-order valence-electron chi connectivity index (χ4n) is 4.86. The van der Waals surface area contributed by atoms with Crippen molar-refractivity contribution in [3.63, 3.8) is 0 Å². The maximum Gasteiger partial charge on any atom is 0.274 e. The summed E-state index contributed by atoms with van der Waals surface area (Å²) in [5.74, 6) is 0.174. The van der Waals surface area contributed by atoms with Crippen LogP contribution in [-0.4, -0.2) is 52.4 Å². The number of likely N-dealkylation sites (tertiary alicyclic amines) is 1. The summed E-state index contributed by atoms with van der Waals surface area (Å²) in [6, 6.07) is 13.2. The number of piperidine rings is 1. The van der Waals surface area contributed by atoms with Gasteiger partial charge < -0.3 is 24.7 Å². The number of hydrogen-bond acceptors (Lipinski definition) is 6. The minimum atomic E-state index is -0.454. The molecule has 0 aliphatic carbocycles. The van der Waals surface area contributed by atoms with Gasteiger partial charge in [-0.3, -0.25) is 9.59 Å². The summed E-state index contributed by atoms with van der Waals surface area (Å²) in [5, 5.41) is 6.94. The number of benzene rings is 2. The van der Waals surface area contributed by atoms with Crippen LogP contribution in [0.3, 0.4) is 0 Å². The minimum absolute atomic E-state index is 0.0566. The van der Waals surface area contributed by atoms with Crippen LogP contribution in [0.2, 0.25) is 0 Å². The van der Waals surface area contributed by atoms with Crippen LogP contribution in [0, 0.1) is 5.82 Å². The molecule has 1 atom stereocenters. The summed E-state index contributed by atoms with van der Waals surface area (Å²) in [6.07, 6.45) is 6.73. The smallest absolute Gasteiger partial charge is 0.274 e. The number of nitrogen functional groups attached to an aromatic ring is 1. The molecule has 196 valence electrons. The lowest BCUT2D eigenvalue weighted by Crippen LogP contribution is -2.38. The first kappa shape index (κ1) is 25.2. The second-order valence-electron chi connectivity index (χ2n) is 9.12. The standard InChI is InChI=1S/C28H28FN5O4/c1-37-15-5-9-24(35)33-14-4-6-18(16-33)21-17-34(26-25(21)28(36)32-31-27(26)30)19-10-12-20(13-11-19)38-23-8-3-2-7-22(23)29/h2-3,5,7-13,17-18H,4,6,14-16H2,1H3,(H2,30,31)(H,32,36)/b9-5+/t18-/m1/s1. The molecule has 38 heavy (non-hydrogen) atoms. The van der Waals surface area contributed by atoms with Crippen molar-refractivity contribution in [2.24, 2.45) is 0 Å². The van der Waals surface area contributed by atoms with Crippen molar-refractivity contribution >= 4 is 22.6 Å². The normalized spacial score (nSPS) is 15.8. The molecule has 1 amide bonds. The molecule has 1 fully saturated rings. The number of anilines is 1. The van der Waals surface area contributed by atoms with Crippen molar-refractivity contribution in [1.29, 1.82) is 0 Å². The lowest BCUT2D eigenvalue weighted by Gasteiger charge is -2.32. The van der Waals surface area contributed by atoms with E-state index in [1.807, 2.05) is 10.8 Å². The Morgan fingerprint density at radius 1 is 1.24 bits per heavy atom. The minimum Gasteiger partial charge on any atom is -0.454 e. The van der Waals surface area contributed by atoms with E-state index in [-0.39, 0.29) is 29.0 Å². The first-order valence-electron chi connectivity index (χ1n) is 12.3. The number of aromatic nitrogens is 3. The van der Waals surface area contributed by atoms with Gasteiger partial charge in [-0.05, 0) is 54.8 Å². The average Bonchev–Trinajstić information content (AvgIpc) is 3.35. The van der Waals surface area contributed by atoms with E-state index in [2.05, 4.69) is 10.2 Å². The third kappa shape index (κ3) is 5.03. The number of methoxy groups -OCH3 is 1. The summed E-state index contributed by atoms with van der Waals surface area (Å²) in [4.78, 5) is 27.4. The van der Waals surface area contributed by atoms with Crippen LogP contribution in [0.25, 0.3) is 16.6 Å². The third-order valence-electron chi connectivity index (χ3n) is 6.66. The van der Waals surface area contributed by atoms with Crippen molar-refractivity contribution in [2.45, 2.75) is 18.8 Å². The van der Waals surface area contributed by atoms with Gasteiger partial charge in [0.15, 0.2) is 17.4 Å². The lowest BCUT2D eigenvalue weighted by atomic mass is 9.90. The fraction of sp³-hybridized carbons (Fsp3) is 0.250. The Labute approximate surface area is 218 Å². The molecule has 10 heteroatoms. The number of nitrogens with one attached hydrogen (secondary N) is 1.